The van der Waals surface area contributed by atoms with Gasteiger partial charge in [-0.2, -0.15) is 0 Å². The molecule has 3 rings (SSSR count). The summed E-state index contributed by atoms with van der Waals surface area (Å²) in [5.74, 6) is -0.395. The largest absolute Gasteiger partial charge is 0.472 e. The Morgan fingerprint density at radius 2 is 1.88 bits per heavy atom. The zero-order valence-electron chi connectivity index (χ0n) is 13.7. The van der Waals surface area contributed by atoms with Gasteiger partial charge >= 0.3 is 0 Å². The van der Waals surface area contributed by atoms with E-state index in [1.54, 1.807) is 37.3 Å². The summed E-state index contributed by atoms with van der Waals surface area (Å²) in [4.78, 5) is 12.2. The first-order valence-corrected chi connectivity index (χ1v) is 9.44. The molecule has 1 aromatic heterocycles. The Morgan fingerprint density at radius 3 is 2.58 bits per heavy atom. The van der Waals surface area contributed by atoms with E-state index in [0.717, 1.165) is 0 Å². The van der Waals surface area contributed by atoms with Crippen LogP contribution in [0.1, 0.15) is 15.9 Å². The summed E-state index contributed by atoms with van der Waals surface area (Å²) >= 11 is 5.89. The van der Waals surface area contributed by atoms with Crippen molar-refractivity contribution in [2.24, 2.45) is 0 Å². The number of furan rings is 1. The second-order valence-corrected chi connectivity index (χ2v) is 7.65. The van der Waals surface area contributed by atoms with Gasteiger partial charge in [-0.1, -0.05) is 23.7 Å². The molecule has 1 amide bonds. The Balaban J connectivity index is 1.88. The molecule has 8 heteroatoms. The molecule has 0 unspecified atom stereocenters. The topological polar surface area (TPSA) is 88.4 Å². The minimum atomic E-state index is -3.85. The number of anilines is 2. The number of hydrogen-bond acceptors (Lipinski definition) is 4. The van der Waals surface area contributed by atoms with E-state index in [-0.39, 0.29) is 4.90 Å². The van der Waals surface area contributed by atoms with Crippen molar-refractivity contribution >= 4 is 38.9 Å². The first-order chi connectivity index (χ1) is 12.3. The Labute approximate surface area is 155 Å². The molecule has 0 fully saturated rings. The number of hydrogen-bond donors (Lipinski definition) is 2. The summed E-state index contributed by atoms with van der Waals surface area (Å²) in [6, 6.07) is 12.6. The summed E-state index contributed by atoms with van der Waals surface area (Å²) in [6.45, 7) is 1.67. The standard InChI is InChI=1S/C18H15ClN2O4S/c1-12-5-6-15(20-18(22)13-7-8-25-11-13)10-17(12)26(23,24)21-16-4-2-3-14(19)9-16/h2-11,21H,1H3,(H,20,22). The van der Waals surface area contributed by atoms with Crippen LogP contribution < -0.4 is 10.0 Å². The quantitative estimate of drug-likeness (QED) is 0.680. The molecule has 3 aromatic rings. The van der Waals surface area contributed by atoms with Crippen molar-refractivity contribution in [1.29, 1.82) is 0 Å². The smallest absolute Gasteiger partial charge is 0.262 e. The highest BCUT2D eigenvalue weighted by Crippen LogP contribution is 2.24. The first kappa shape index (κ1) is 18.0. The van der Waals surface area contributed by atoms with Crippen LogP contribution in [0.3, 0.4) is 0 Å². The van der Waals surface area contributed by atoms with E-state index >= 15 is 0 Å². The summed E-state index contributed by atoms with van der Waals surface area (Å²) < 4.78 is 32.8. The van der Waals surface area contributed by atoms with E-state index in [9.17, 15) is 13.2 Å². The van der Waals surface area contributed by atoms with Crippen LogP contribution in [0.2, 0.25) is 5.02 Å². The maximum atomic E-state index is 12.7. The summed E-state index contributed by atoms with van der Waals surface area (Å²) in [7, 11) is -3.85. The van der Waals surface area contributed by atoms with Gasteiger partial charge in [-0.15, -0.1) is 0 Å². The number of benzene rings is 2. The third-order valence-corrected chi connectivity index (χ3v) is 5.35. The van der Waals surface area contributed by atoms with Gasteiger partial charge in [0.15, 0.2) is 0 Å². The average Bonchev–Trinajstić information content (AvgIpc) is 3.10. The molecule has 0 saturated carbocycles. The molecule has 0 radical (unpaired) electrons. The lowest BCUT2D eigenvalue weighted by atomic mass is 10.2. The molecule has 26 heavy (non-hydrogen) atoms. The summed E-state index contributed by atoms with van der Waals surface area (Å²) in [6.07, 6.45) is 2.69. The highest BCUT2D eigenvalue weighted by molar-refractivity contribution is 7.92. The zero-order valence-corrected chi connectivity index (χ0v) is 15.3. The number of carbonyl (C=O) groups is 1. The second kappa shape index (κ2) is 7.23. The first-order valence-electron chi connectivity index (χ1n) is 7.58. The van der Waals surface area contributed by atoms with Gasteiger partial charge in [-0.05, 0) is 48.9 Å². The van der Waals surface area contributed by atoms with Gasteiger partial charge in [0.05, 0.1) is 22.4 Å². The van der Waals surface area contributed by atoms with Crippen molar-refractivity contribution in [3.8, 4) is 0 Å². The molecular formula is C18H15ClN2O4S. The van der Waals surface area contributed by atoms with Gasteiger partial charge in [0.2, 0.25) is 0 Å². The van der Waals surface area contributed by atoms with Crippen LogP contribution in [-0.2, 0) is 10.0 Å². The molecule has 134 valence electrons. The molecule has 0 aliphatic rings. The van der Waals surface area contributed by atoms with E-state index in [1.165, 1.54) is 30.7 Å². The predicted octanol–water partition coefficient (Wildman–Crippen LogP) is 4.29. The third-order valence-electron chi connectivity index (χ3n) is 3.60. The lowest BCUT2D eigenvalue weighted by molar-refractivity contribution is 0.102. The maximum Gasteiger partial charge on any atom is 0.262 e. The molecule has 0 aliphatic carbocycles. The van der Waals surface area contributed by atoms with Crippen LogP contribution in [0.25, 0.3) is 0 Å². The predicted molar refractivity (Wildman–Crippen MR) is 100 cm³/mol. The highest BCUT2D eigenvalue weighted by atomic mass is 35.5. The second-order valence-electron chi connectivity index (χ2n) is 5.56. The van der Waals surface area contributed by atoms with Crippen LogP contribution >= 0.6 is 11.6 Å². The van der Waals surface area contributed by atoms with Crippen LogP contribution in [-0.4, -0.2) is 14.3 Å². The fraction of sp³-hybridized carbons (Fsp3) is 0.0556. The van der Waals surface area contributed by atoms with Gasteiger partial charge in [0, 0.05) is 10.7 Å². The molecule has 6 nitrogen and oxygen atoms in total. The maximum absolute atomic E-state index is 12.7. The number of sulfonamides is 1. The summed E-state index contributed by atoms with van der Waals surface area (Å²) in [5, 5.41) is 3.06. The monoisotopic (exact) mass is 390 g/mol. The lowest BCUT2D eigenvalue weighted by Crippen LogP contribution is -2.16. The number of carbonyl (C=O) groups excluding carboxylic acids is 1. The molecule has 1 heterocycles. The molecular weight excluding hydrogens is 376 g/mol. The Hall–Kier alpha value is -2.77. The van der Waals surface area contributed by atoms with Crippen molar-refractivity contribution in [2.45, 2.75) is 11.8 Å². The lowest BCUT2D eigenvalue weighted by Gasteiger charge is -2.12. The SMILES string of the molecule is Cc1ccc(NC(=O)c2ccoc2)cc1S(=O)(=O)Nc1cccc(Cl)c1. The van der Waals surface area contributed by atoms with Gasteiger partial charge < -0.3 is 9.73 Å². The number of halogens is 1. The average molecular weight is 391 g/mol. The van der Waals surface area contributed by atoms with Crippen molar-refractivity contribution < 1.29 is 17.6 Å². The van der Waals surface area contributed by atoms with Crippen LogP contribution in [0, 0.1) is 6.92 Å². The van der Waals surface area contributed by atoms with Gasteiger partial charge in [-0.25, -0.2) is 8.42 Å². The molecule has 2 aromatic carbocycles. The normalized spacial score (nSPS) is 11.2. The number of nitrogens with one attached hydrogen (secondary N) is 2. The van der Waals surface area contributed by atoms with Crippen molar-refractivity contribution in [3.05, 3.63) is 77.2 Å². The number of rotatable bonds is 5. The van der Waals surface area contributed by atoms with Crippen molar-refractivity contribution in [2.75, 3.05) is 10.0 Å². The van der Waals surface area contributed by atoms with Gasteiger partial charge in [0.1, 0.15) is 6.26 Å². The Kier molecular flexibility index (Phi) is 5.01. The van der Waals surface area contributed by atoms with Crippen molar-refractivity contribution in [3.63, 3.8) is 0 Å². The van der Waals surface area contributed by atoms with E-state index in [0.29, 0.717) is 27.5 Å². The number of amides is 1. The Morgan fingerprint density at radius 1 is 1.08 bits per heavy atom. The fourth-order valence-electron chi connectivity index (χ4n) is 2.33. The minimum Gasteiger partial charge on any atom is -0.472 e. The van der Waals surface area contributed by atoms with E-state index in [4.69, 9.17) is 16.0 Å². The van der Waals surface area contributed by atoms with Crippen LogP contribution in [0.15, 0.2) is 70.4 Å². The fourth-order valence-corrected chi connectivity index (χ4v) is 3.84. The van der Waals surface area contributed by atoms with E-state index < -0.39 is 15.9 Å². The van der Waals surface area contributed by atoms with Crippen LogP contribution in [0.4, 0.5) is 11.4 Å². The van der Waals surface area contributed by atoms with E-state index in [2.05, 4.69) is 10.0 Å². The van der Waals surface area contributed by atoms with Gasteiger partial charge in [-0.3, -0.25) is 9.52 Å². The van der Waals surface area contributed by atoms with Crippen LogP contribution in [0.5, 0.6) is 0 Å². The van der Waals surface area contributed by atoms with Gasteiger partial charge in [0.25, 0.3) is 15.9 Å². The molecule has 0 spiro atoms. The molecule has 0 atom stereocenters. The molecule has 0 bridgehead atoms. The zero-order chi connectivity index (χ0) is 18.7. The summed E-state index contributed by atoms with van der Waals surface area (Å²) in [5.41, 5.74) is 1.59. The molecule has 2 N–H and O–H groups in total. The van der Waals surface area contributed by atoms with E-state index in [1.807, 2.05) is 0 Å². The molecule has 0 aliphatic heterocycles. The Bertz CT molecular complexity index is 1050. The third kappa shape index (κ3) is 4.07. The highest BCUT2D eigenvalue weighted by Gasteiger charge is 2.18. The van der Waals surface area contributed by atoms with Crippen molar-refractivity contribution in [1.82, 2.24) is 0 Å². The minimum absolute atomic E-state index is 0.0578. The molecule has 0 saturated heterocycles. The number of aryl methyl sites for hydroxylation is 1.